The van der Waals surface area contributed by atoms with E-state index in [0.29, 0.717) is 6.42 Å². The van der Waals surface area contributed by atoms with Crippen LogP contribution in [0.15, 0.2) is 24.3 Å². The Morgan fingerprint density at radius 2 is 2.12 bits per heavy atom. The molecule has 136 valence electrons. The molecule has 0 bridgehead atoms. The SMILES string of the molecule is CSCC[C@H](N)C(=O)Nc1ccc(CN2CCCC(C)C2)cc1.Cl. The first kappa shape index (κ1) is 21.3. The van der Waals surface area contributed by atoms with Gasteiger partial charge in [-0.05, 0) is 61.4 Å². The molecule has 0 radical (unpaired) electrons. The number of hydrogen-bond acceptors (Lipinski definition) is 4. The first-order chi connectivity index (χ1) is 11.1. The van der Waals surface area contributed by atoms with E-state index >= 15 is 0 Å². The Kier molecular flexibility index (Phi) is 9.74. The highest BCUT2D eigenvalue weighted by molar-refractivity contribution is 7.98. The third-order valence-electron chi connectivity index (χ3n) is 4.34. The lowest BCUT2D eigenvalue weighted by atomic mass is 10.00. The number of amides is 1. The summed E-state index contributed by atoms with van der Waals surface area (Å²) in [6.45, 7) is 5.69. The van der Waals surface area contributed by atoms with Gasteiger partial charge in [0.2, 0.25) is 5.91 Å². The number of hydrogen-bond donors (Lipinski definition) is 2. The maximum Gasteiger partial charge on any atom is 0.241 e. The van der Waals surface area contributed by atoms with Crippen molar-refractivity contribution in [2.45, 2.75) is 38.8 Å². The zero-order chi connectivity index (χ0) is 16.7. The van der Waals surface area contributed by atoms with Crippen molar-refractivity contribution >= 4 is 35.8 Å². The standard InChI is InChI=1S/C18H29N3OS.ClH/c1-14-4-3-10-21(12-14)13-15-5-7-16(8-6-15)20-18(22)17(19)9-11-23-2;/h5-8,14,17H,3-4,9-13,19H2,1-2H3,(H,20,22);1H/t14?,17-;/m0./s1. The van der Waals surface area contributed by atoms with Crippen molar-refractivity contribution in [3.63, 3.8) is 0 Å². The van der Waals surface area contributed by atoms with Gasteiger partial charge in [-0.15, -0.1) is 12.4 Å². The minimum Gasteiger partial charge on any atom is -0.325 e. The molecule has 1 aliphatic rings. The van der Waals surface area contributed by atoms with E-state index in [1.165, 1.54) is 31.5 Å². The number of carbonyl (C=O) groups is 1. The van der Waals surface area contributed by atoms with Crippen LogP contribution >= 0.6 is 24.2 Å². The van der Waals surface area contributed by atoms with Crippen LogP contribution in [0.5, 0.6) is 0 Å². The average Bonchev–Trinajstić information content (AvgIpc) is 2.54. The van der Waals surface area contributed by atoms with Crippen molar-refractivity contribution < 1.29 is 4.79 Å². The van der Waals surface area contributed by atoms with E-state index in [1.807, 2.05) is 18.4 Å². The number of halogens is 1. The van der Waals surface area contributed by atoms with Gasteiger partial charge in [0.25, 0.3) is 0 Å². The number of nitrogens with one attached hydrogen (secondary N) is 1. The molecule has 1 fully saturated rings. The fourth-order valence-electron chi connectivity index (χ4n) is 2.99. The highest BCUT2D eigenvalue weighted by Gasteiger charge is 2.16. The molecule has 2 atom stereocenters. The summed E-state index contributed by atoms with van der Waals surface area (Å²) in [4.78, 5) is 14.5. The Balaban J connectivity index is 0.00000288. The maximum absolute atomic E-state index is 12.0. The van der Waals surface area contributed by atoms with Gasteiger partial charge in [-0.3, -0.25) is 9.69 Å². The normalized spacial score (nSPS) is 19.4. The highest BCUT2D eigenvalue weighted by atomic mass is 35.5. The van der Waals surface area contributed by atoms with E-state index in [4.69, 9.17) is 5.73 Å². The van der Waals surface area contributed by atoms with E-state index in [1.54, 1.807) is 11.8 Å². The number of thioether (sulfide) groups is 1. The van der Waals surface area contributed by atoms with Gasteiger partial charge < -0.3 is 11.1 Å². The topological polar surface area (TPSA) is 58.4 Å². The Labute approximate surface area is 156 Å². The Morgan fingerprint density at radius 3 is 2.75 bits per heavy atom. The molecule has 1 heterocycles. The number of likely N-dealkylation sites (tertiary alicyclic amines) is 1. The van der Waals surface area contributed by atoms with Crippen LogP contribution in [0.2, 0.25) is 0 Å². The molecule has 1 aromatic carbocycles. The Hall–Kier alpha value is -0.750. The number of nitrogens with two attached hydrogens (primary N) is 1. The van der Waals surface area contributed by atoms with Crippen LogP contribution in [0.1, 0.15) is 31.7 Å². The van der Waals surface area contributed by atoms with Crippen molar-refractivity contribution in [1.82, 2.24) is 4.90 Å². The van der Waals surface area contributed by atoms with Crippen molar-refractivity contribution in [2.75, 3.05) is 30.4 Å². The number of carbonyl (C=O) groups excluding carboxylic acids is 1. The second kappa shape index (κ2) is 11.0. The molecular formula is C18H30ClN3OS. The molecule has 6 heteroatoms. The van der Waals surface area contributed by atoms with Crippen LogP contribution in [-0.4, -0.2) is 41.9 Å². The minimum absolute atomic E-state index is 0. The van der Waals surface area contributed by atoms with Crippen LogP contribution in [0.25, 0.3) is 0 Å². The van der Waals surface area contributed by atoms with Crippen LogP contribution < -0.4 is 11.1 Å². The molecular weight excluding hydrogens is 342 g/mol. The number of anilines is 1. The van der Waals surface area contributed by atoms with Crippen LogP contribution in [0, 0.1) is 5.92 Å². The summed E-state index contributed by atoms with van der Waals surface area (Å²) in [6.07, 6.45) is 5.37. The van der Waals surface area contributed by atoms with Crippen molar-refractivity contribution in [2.24, 2.45) is 11.7 Å². The second-order valence-electron chi connectivity index (χ2n) is 6.56. The van der Waals surface area contributed by atoms with Crippen molar-refractivity contribution in [1.29, 1.82) is 0 Å². The predicted octanol–water partition coefficient (Wildman–Crippen LogP) is 3.36. The van der Waals surface area contributed by atoms with Gasteiger partial charge in [-0.25, -0.2) is 0 Å². The van der Waals surface area contributed by atoms with E-state index in [0.717, 1.165) is 23.9 Å². The number of piperidine rings is 1. The lowest BCUT2D eigenvalue weighted by molar-refractivity contribution is -0.117. The summed E-state index contributed by atoms with van der Waals surface area (Å²) in [5.74, 6) is 1.60. The molecule has 1 saturated heterocycles. The summed E-state index contributed by atoms with van der Waals surface area (Å²) in [5.41, 5.74) is 8.01. The van der Waals surface area contributed by atoms with Gasteiger partial charge in [0, 0.05) is 18.8 Å². The molecule has 4 nitrogen and oxygen atoms in total. The summed E-state index contributed by atoms with van der Waals surface area (Å²) in [5, 5.41) is 2.90. The molecule has 1 unspecified atom stereocenters. The van der Waals surface area contributed by atoms with Gasteiger partial charge in [0.05, 0.1) is 6.04 Å². The van der Waals surface area contributed by atoms with Gasteiger partial charge >= 0.3 is 0 Å². The largest absolute Gasteiger partial charge is 0.325 e. The molecule has 0 saturated carbocycles. The lowest BCUT2D eigenvalue weighted by Crippen LogP contribution is -2.36. The second-order valence-corrected chi connectivity index (χ2v) is 7.54. The zero-order valence-corrected chi connectivity index (χ0v) is 16.3. The van der Waals surface area contributed by atoms with Crippen molar-refractivity contribution in [3.8, 4) is 0 Å². The number of rotatable bonds is 7. The monoisotopic (exact) mass is 371 g/mol. The van der Waals surface area contributed by atoms with Crippen molar-refractivity contribution in [3.05, 3.63) is 29.8 Å². The van der Waals surface area contributed by atoms with Gasteiger partial charge in [-0.2, -0.15) is 11.8 Å². The number of benzene rings is 1. The number of nitrogens with zero attached hydrogens (tertiary/aromatic N) is 1. The molecule has 0 spiro atoms. The third kappa shape index (κ3) is 7.01. The predicted molar refractivity (Wildman–Crippen MR) is 107 cm³/mol. The summed E-state index contributed by atoms with van der Waals surface area (Å²) >= 11 is 1.71. The van der Waals surface area contributed by atoms with Gasteiger partial charge in [0.1, 0.15) is 0 Å². The van der Waals surface area contributed by atoms with E-state index in [2.05, 4.69) is 29.3 Å². The average molecular weight is 372 g/mol. The molecule has 0 aromatic heterocycles. The molecule has 1 aromatic rings. The van der Waals surface area contributed by atoms with E-state index in [9.17, 15) is 4.79 Å². The fraction of sp³-hybridized carbons (Fsp3) is 0.611. The van der Waals surface area contributed by atoms with Crippen LogP contribution in [0.3, 0.4) is 0 Å². The molecule has 0 aliphatic carbocycles. The molecule has 3 N–H and O–H groups in total. The Morgan fingerprint density at radius 1 is 1.42 bits per heavy atom. The first-order valence-corrected chi connectivity index (χ1v) is 9.84. The van der Waals surface area contributed by atoms with Crippen LogP contribution in [-0.2, 0) is 11.3 Å². The summed E-state index contributed by atoms with van der Waals surface area (Å²) in [7, 11) is 0. The summed E-state index contributed by atoms with van der Waals surface area (Å²) < 4.78 is 0. The molecule has 1 amide bonds. The third-order valence-corrected chi connectivity index (χ3v) is 4.98. The van der Waals surface area contributed by atoms with Gasteiger partial charge in [0.15, 0.2) is 0 Å². The first-order valence-electron chi connectivity index (χ1n) is 8.45. The smallest absolute Gasteiger partial charge is 0.241 e. The fourth-order valence-corrected chi connectivity index (χ4v) is 3.48. The van der Waals surface area contributed by atoms with E-state index < -0.39 is 6.04 Å². The highest BCUT2D eigenvalue weighted by Crippen LogP contribution is 2.19. The minimum atomic E-state index is -0.433. The van der Waals surface area contributed by atoms with Crippen LogP contribution in [0.4, 0.5) is 5.69 Å². The molecule has 1 aliphatic heterocycles. The summed E-state index contributed by atoms with van der Waals surface area (Å²) in [6, 6.07) is 7.71. The van der Waals surface area contributed by atoms with Gasteiger partial charge in [-0.1, -0.05) is 19.1 Å². The molecule has 24 heavy (non-hydrogen) atoms. The lowest BCUT2D eigenvalue weighted by Gasteiger charge is -2.30. The zero-order valence-electron chi connectivity index (χ0n) is 14.7. The maximum atomic E-state index is 12.0. The van der Waals surface area contributed by atoms with E-state index in [-0.39, 0.29) is 18.3 Å². The molecule has 2 rings (SSSR count). The quantitative estimate of drug-likeness (QED) is 0.771. The Bertz CT molecular complexity index is 498.